The highest BCUT2D eigenvalue weighted by Gasteiger charge is 2.24. The van der Waals surface area contributed by atoms with Crippen molar-refractivity contribution in [3.05, 3.63) is 23.9 Å². The summed E-state index contributed by atoms with van der Waals surface area (Å²) >= 11 is 0. The Morgan fingerprint density at radius 2 is 2.18 bits per heavy atom. The van der Waals surface area contributed by atoms with Crippen LogP contribution in [-0.4, -0.2) is 23.5 Å². The van der Waals surface area contributed by atoms with E-state index in [1.54, 1.807) is 6.20 Å². The summed E-state index contributed by atoms with van der Waals surface area (Å²) in [6, 6.07) is 3.37. The number of rotatable bonds is 2. The van der Waals surface area contributed by atoms with Crippen molar-refractivity contribution < 1.29 is 11.0 Å². The van der Waals surface area contributed by atoms with Gasteiger partial charge in [-0.1, -0.05) is 19.9 Å². The van der Waals surface area contributed by atoms with Crippen LogP contribution in [-0.2, 0) is 4.79 Å². The van der Waals surface area contributed by atoms with Gasteiger partial charge >= 0.3 is 6.03 Å². The number of hydrogen-bond acceptors (Lipinski definition) is 3. The van der Waals surface area contributed by atoms with Crippen molar-refractivity contribution in [1.29, 1.82) is 0 Å². The topological polar surface area (TPSA) is 62.3 Å². The molecule has 0 spiro atoms. The van der Waals surface area contributed by atoms with Gasteiger partial charge in [0.05, 0.1) is 0 Å². The maximum Gasteiger partial charge on any atom is 0.329 e. The second kappa shape index (κ2) is 4.53. The number of carbonyl (C=O) groups is 2. The number of amides is 3. The van der Waals surface area contributed by atoms with E-state index in [4.69, 9.17) is 0 Å². The van der Waals surface area contributed by atoms with Gasteiger partial charge in [-0.15, -0.1) is 0 Å². The molecule has 0 aromatic carbocycles. The average Bonchev–Trinajstić information content (AvgIpc) is 2.29. The minimum atomic E-state index is -0.397. The van der Waals surface area contributed by atoms with Crippen molar-refractivity contribution in [2.24, 2.45) is 0 Å². The van der Waals surface area contributed by atoms with E-state index in [1.807, 2.05) is 12.1 Å². The molecule has 0 atom stereocenters. The Balaban J connectivity index is 0.00000162. The molecular formula is C12H17N3O2. The fourth-order valence-corrected chi connectivity index (χ4v) is 1.68. The summed E-state index contributed by atoms with van der Waals surface area (Å²) in [7, 11) is 0. The number of pyridine rings is 1. The number of nitrogens with zero attached hydrogens (tertiary/aromatic N) is 2. The van der Waals surface area contributed by atoms with Gasteiger partial charge in [-0.2, -0.15) is 0 Å². The highest BCUT2D eigenvalue weighted by molar-refractivity contribution is 6.05. The summed E-state index contributed by atoms with van der Waals surface area (Å²) in [6.45, 7) is 4.56. The molecule has 5 heteroatoms. The third kappa shape index (κ3) is 2.43. The van der Waals surface area contributed by atoms with Gasteiger partial charge in [-0.3, -0.25) is 15.0 Å². The summed E-state index contributed by atoms with van der Waals surface area (Å²) in [5.41, 5.74) is 1.13. The van der Waals surface area contributed by atoms with E-state index in [1.165, 1.54) is 4.90 Å². The predicted octanol–water partition coefficient (Wildman–Crippen LogP) is 1.90. The molecule has 0 aliphatic carbocycles. The van der Waals surface area contributed by atoms with Crippen LogP contribution in [0, 0.1) is 0 Å². The summed E-state index contributed by atoms with van der Waals surface area (Å²) in [5.74, 6) is 0.762. The first-order valence-electron chi connectivity index (χ1n) is 5.65. The predicted molar refractivity (Wildman–Crippen MR) is 65.9 cm³/mol. The average molecular weight is 235 g/mol. The second-order valence-corrected chi connectivity index (χ2v) is 4.36. The molecule has 1 fully saturated rings. The third-order valence-corrected chi connectivity index (χ3v) is 2.77. The maximum absolute atomic E-state index is 11.6. The monoisotopic (exact) mass is 235 g/mol. The van der Waals surface area contributed by atoms with E-state index in [0.717, 1.165) is 5.56 Å². The van der Waals surface area contributed by atoms with Gasteiger partial charge in [0.15, 0.2) is 0 Å². The van der Waals surface area contributed by atoms with E-state index in [2.05, 4.69) is 24.1 Å². The van der Waals surface area contributed by atoms with Gasteiger partial charge in [-0.25, -0.2) is 9.78 Å². The third-order valence-electron chi connectivity index (χ3n) is 2.77. The highest BCUT2D eigenvalue weighted by atomic mass is 16.2. The van der Waals surface area contributed by atoms with Crippen molar-refractivity contribution in [2.45, 2.75) is 26.2 Å². The maximum atomic E-state index is 11.6. The SMILES string of the molecule is CC(C)c1ccc(N2CCC(=O)NC2=O)nc1.[HH]. The number of urea groups is 1. The molecule has 1 aromatic heterocycles. The lowest BCUT2D eigenvalue weighted by Gasteiger charge is -2.25. The van der Waals surface area contributed by atoms with Gasteiger partial charge in [0.2, 0.25) is 5.91 Å². The zero-order valence-corrected chi connectivity index (χ0v) is 9.93. The number of hydrogen-bond donors (Lipinski definition) is 1. The number of carbonyl (C=O) groups excluding carboxylic acids is 2. The van der Waals surface area contributed by atoms with Crippen LogP contribution in [0.15, 0.2) is 18.3 Å². The zero-order chi connectivity index (χ0) is 12.4. The van der Waals surface area contributed by atoms with Crippen molar-refractivity contribution in [3.8, 4) is 0 Å². The molecule has 2 heterocycles. The molecule has 1 N–H and O–H groups in total. The van der Waals surface area contributed by atoms with E-state index in [0.29, 0.717) is 24.7 Å². The Morgan fingerprint density at radius 1 is 1.41 bits per heavy atom. The standard InChI is InChI=1S/C12H15N3O2.H2/c1-8(2)9-3-4-10(13-7-9)15-6-5-11(16)14-12(15)17;/h3-4,7-8H,5-6H2,1-2H3,(H,14,16,17);1H. The van der Waals surface area contributed by atoms with Crippen LogP contribution in [0.1, 0.15) is 33.2 Å². The van der Waals surface area contributed by atoms with Gasteiger partial charge in [0, 0.05) is 20.6 Å². The molecule has 1 aromatic rings. The zero-order valence-electron chi connectivity index (χ0n) is 9.93. The molecular weight excluding hydrogens is 218 g/mol. The fourth-order valence-electron chi connectivity index (χ4n) is 1.68. The molecule has 2 rings (SSSR count). The molecule has 5 nitrogen and oxygen atoms in total. The van der Waals surface area contributed by atoms with Gasteiger partial charge in [-0.05, 0) is 17.5 Å². The summed E-state index contributed by atoms with van der Waals surface area (Å²) in [5, 5.41) is 2.27. The lowest BCUT2D eigenvalue weighted by Crippen LogP contribution is -2.49. The lowest BCUT2D eigenvalue weighted by atomic mass is 10.1. The van der Waals surface area contributed by atoms with Crippen LogP contribution in [0.4, 0.5) is 10.6 Å². The minimum Gasteiger partial charge on any atom is -0.278 e. The first kappa shape index (κ1) is 11.6. The van der Waals surface area contributed by atoms with Crippen molar-refractivity contribution >= 4 is 17.8 Å². The molecule has 17 heavy (non-hydrogen) atoms. The van der Waals surface area contributed by atoms with Crippen LogP contribution in [0.3, 0.4) is 0 Å². The van der Waals surface area contributed by atoms with Gasteiger partial charge in [0.25, 0.3) is 0 Å². The largest absolute Gasteiger partial charge is 0.329 e. The lowest BCUT2D eigenvalue weighted by molar-refractivity contribution is -0.120. The van der Waals surface area contributed by atoms with Crippen molar-refractivity contribution in [3.63, 3.8) is 0 Å². The minimum absolute atomic E-state index is 0. The number of aromatic nitrogens is 1. The Kier molecular flexibility index (Phi) is 3.08. The summed E-state index contributed by atoms with van der Waals surface area (Å²) < 4.78 is 0. The Hall–Kier alpha value is -1.91. The molecule has 0 saturated carbocycles. The number of anilines is 1. The van der Waals surface area contributed by atoms with E-state index in [-0.39, 0.29) is 7.33 Å². The normalized spacial score (nSPS) is 16.3. The molecule has 1 aliphatic rings. The number of imide groups is 1. The van der Waals surface area contributed by atoms with Crippen LogP contribution in [0.5, 0.6) is 0 Å². The van der Waals surface area contributed by atoms with Crippen molar-refractivity contribution in [2.75, 3.05) is 11.4 Å². The summed E-state index contributed by atoms with van der Waals surface area (Å²) in [6.07, 6.45) is 2.09. The molecule has 0 bridgehead atoms. The first-order chi connectivity index (χ1) is 8.08. The van der Waals surface area contributed by atoms with Crippen LogP contribution >= 0.6 is 0 Å². The fraction of sp³-hybridized carbons (Fsp3) is 0.417. The van der Waals surface area contributed by atoms with Crippen LogP contribution in [0.2, 0.25) is 0 Å². The molecule has 1 aliphatic heterocycles. The Morgan fingerprint density at radius 3 is 2.71 bits per heavy atom. The quantitative estimate of drug-likeness (QED) is 0.851. The molecule has 0 unspecified atom stereocenters. The Labute approximate surface area is 101 Å². The van der Waals surface area contributed by atoms with Crippen molar-refractivity contribution in [1.82, 2.24) is 10.3 Å². The molecule has 92 valence electrons. The van der Waals surface area contributed by atoms with Gasteiger partial charge in [0.1, 0.15) is 5.82 Å². The smallest absolute Gasteiger partial charge is 0.278 e. The highest BCUT2D eigenvalue weighted by Crippen LogP contribution is 2.18. The molecule has 1 saturated heterocycles. The van der Waals surface area contributed by atoms with E-state index >= 15 is 0 Å². The molecule has 0 radical (unpaired) electrons. The van der Waals surface area contributed by atoms with Crippen LogP contribution < -0.4 is 10.2 Å². The first-order valence-corrected chi connectivity index (χ1v) is 5.65. The summed E-state index contributed by atoms with van der Waals surface area (Å²) in [4.78, 5) is 28.3. The number of nitrogens with one attached hydrogen (secondary N) is 1. The Bertz CT molecular complexity index is 445. The van der Waals surface area contributed by atoms with E-state index < -0.39 is 6.03 Å². The second-order valence-electron chi connectivity index (χ2n) is 4.36. The van der Waals surface area contributed by atoms with E-state index in [9.17, 15) is 9.59 Å². The van der Waals surface area contributed by atoms with Gasteiger partial charge < -0.3 is 0 Å². The molecule has 3 amide bonds. The van der Waals surface area contributed by atoms with Crippen LogP contribution in [0.25, 0.3) is 0 Å².